The summed E-state index contributed by atoms with van der Waals surface area (Å²) in [5, 5.41) is 20.2. The third-order valence-electron chi connectivity index (χ3n) is 8.30. The standard InChI is InChI=1S/C22H28O4/c1-11-4-7-16(24)20-13(11)5-6-14-15-8-12(2)19(17(25)10-23)21(15,3)9-18-22(14,20)26-18/h4,7,12,14-15,18-19,23-24H,5-6,8-10H2,1-3H3. The van der Waals surface area contributed by atoms with Gasteiger partial charge < -0.3 is 14.9 Å². The van der Waals surface area contributed by atoms with Crippen molar-refractivity contribution < 1.29 is 19.7 Å². The first-order chi connectivity index (χ1) is 12.3. The van der Waals surface area contributed by atoms with Crippen molar-refractivity contribution in [1.29, 1.82) is 0 Å². The number of fused-ring (bicyclic) bond motifs is 3. The molecule has 4 aliphatic rings. The normalized spacial score (nSPS) is 45.3. The summed E-state index contributed by atoms with van der Waals surface area (Å²) in [5.41, 5.74) is 3.09. The molecule has 4 nitrogen and oxygen atoms in total. The Kier molecular flexibility index (Phi) is 3.29. The third kappa shape index (κ3) is 1.80. The van der Waals surface area contributed by atoms with E-state index in [0.29, 0.717) is 23.5 Å². The first-order valence-corrected chi connectivity index (χ1v) is 9.98. The molecule has 1 heterocycles. The highest BCUT2D eigenvalue weighted by atomic mass is 16.6. The molecule has 1 aromatic carbocycles. The lowest BCUT2D eigenvalue weighted by Gasteiger charge is -2.48. The van der Waals surface area contributed by atoms with Gasteiger partial charge in [-0.25, -0.2) is 0 Å². The summed E-state index contributed by atoms with van der Waals surface area (Å²) in [6, 6.07) is 3.82. The molecule has 2 N–H and O–H groups in total. The molecule has 0 aromatic heterocycles. The molecule has 1 spiro atoms. The molecule has 3 fully saturated rings. The number of carbonyl (C=O) groups excluding carboxylic acids is 1. The highest BCUT2D eigenvalue weighted by Gasteiger charge is 2.75. The van der Waals surface area contributed by atoms with E-state index >= 15 is 0 Å². The van der Waals surface area contributed by atoms with E-state index in [2.05, 4.69) is 20.8 Å². The van der Waals surface area contributed by atoms with Gasteiger partial charge in [-0.3, -0.25) is 4.79 Å². The molecule has 0 radical (unpaired) electrons. The summed E-state index contributed by atoms with van der Waals surface area (Å²) in [6.07, 6.45) is 3.97. The summed E-state index contributed by atoms with van der Waals surface area (Å²) >= 11 is 0. The van der Waals surface area contributed by atoms with E-state index in [4.69, 9.17) is 4.74 Å². The average molecular weight is 356 g/mol. The van der Waals surface area contributed by atoms with Gasteiger partial charge in [-0.15, -0.1) is 0 Å². The Balaban J connectivity index is 1.61. The summed E-state index contributed by atoms with van der Waals surface area (Å²) in [4.78, 5) is 12.5. The highest BCUT2D eigenvalue weighted by Crippen LogP contribution is 2.73. The number of aromatic hydroxyl groups is 1. The van der Waals surface area contributed by atoms with E-state index in [1.807, 2.05) is 12.1 Å². The van der Waals surface area contributed by atoms with Gasteiger partial charge in [0.2, 0.25) is 0 Å². The number of Topliss-reactive ketones (excluding diaryl/α,β-unsaturated/α-hetero) is 1. The van der Waals surface area contributed by atoms with E-state index in [1.54, 1.807) is 0 Å². The molecule has 0 amide bonds. The number of ketones is 1. The average Bonchev–Trinajstić information content (AvgIpc) is 3.22. The fraction of sp³-hybridized carbons (Fsp3) is 0.682. The van der Waals surface area contributed by atoms with Gasteiger partial charge in [0, 0.05) is 11.5 Å². The predicted molar refractivity (Wildman–Crippen MR) is 96.8 cm³/mol. The first-order valence-electron chi connectivity index (χ1n) is 9.98. The van der Waals surface area contributed by atoms with Crippen LogP contribution in [0, 0.1) is 36.0 Å². The molecule has 7 atom stereocenters. The highest BCUT2D eigenvalue weighted by molar-refractivity contribution is 5.83. The molecule has 1 aliphatic heterocycles. The van der Waals surface area contributed by atoms with Gasteiger partial charge in [-0.1, -0.05) is 19.9 Å². The maximum Gasteiger partial charge on any atom is 0.162 e. The first kappa shape index (κ1) is 16.8. The van der Waals surface area contributed by atoms with Crippen LogP contribution in [-0.4, -0.2) is 28.7 Å². The van der Waals surface area contributed by atoms with Gasteiger partial charge in [-0.2, -0.15) is 0 Å². The number of phenolic OH excluding ortho intramolecular Hbond substituents is 1. The minimum Gasteiger partial charge on any atom is -0.508 e. The Morgan fingerprint density at radius 3 is 2.85 bits per heavy atom. The Morgan fingerprint density at radius 2 is 2.12 bits per heavy atom. The second-order valence-corrected chi connectivity index (χ2v) is 9.43. The van der Waals surface area contributed by atoms with E-state index in [-0.39, 0.29) is 35.4 Å². The van der Waals surface area contributed by atoms with Crippen LogP contribution in [0.15, 0.2) is 12.1 Å². The maximum atomic E-state index is 12.5. The molecule has 2 saturated carbocycles. The number of aliphatic hydroxyl groups excluding tert-OH is 1. The molecule has 5 rings (SSSR count). The van der Waals surface area contributed by atoms with Crippen LogP contribution in [-0.2, 0) is 21.6 Å². The number of ether oxygens (including phenoxy) is 1. The fourth-order valence-electron chi connectivity index (χ4n) is 7.41. The lowest BCUT2D eigenvalue weighted by atomic mass is 9.53. The van der Waals surface area contributed by atoms with Crippen LogP contribution in [0.3, 0.4) is 0 Å². The van der Waals surface area contributed by atoms with Crippen molar-refractivity contribution in [3.8, 4) is 5.75 Å². The van der Waals surface area contributed by atoms with Crippen molar-refractivity contribution in [3.63, 3.8) is 0 Å². The lowest BCUT2D eigenvalue weighted by Crippen LogP contribution is -2.49. The van der Waals surface area contributed by atoms with Gasteiger partial charge in [0.1, 0.15) is 18.0 Å². The van der Waals surface area contributed by atoms with Crippen LogP contribution in [0.2, 0.25) is 0 Å². The zero-order chi connectivity index (χ0) is 18.4. The Morgan fingerprint density at radius 1 is 1.35 bits per heavy atom. The van der Waals surface area contributed by atoms with E-state index in [1.165, 1.54) is 11.1 Å². The molecule has 0 bridgehead atoms. The van der Waals surface area contributed by atoms with Crippen molar-refractivity contribution in [3.05, 3.63) is 28.8 Å². The van der Waals surface area contributed by atoms with Crippen molar-refractivity contribution in [2.24, 2.45) is 29.1 Å². The monoisotopic (exact) mass is 356 g/mol. The second kappa shape index (κ2) is 5.11. The fourth-order valence-corrected chi connectivity index (χ4v) is 7.41. The molecule has 3 aliphatic carbocycles. The number of rotatable bonds is 2. The topological polar surface area (TPSA) is 70.1 Å². The zero-order valence-electron chi connectivity index (χ0n) is 15.8. The zero-order valence-corrected chi connectivity index (χ0v) is 15.8. The second-order valence-electron chi connectivity index (χ2n) is 9.43. The number of phenols is 1. The predicted octanol–water partition coefficient (Wildman–Crippen LogP) is 3.10. The summed E-state index contributed by atoms with van der Waals surface area (Å²) in [6.45, 7) is 6.17. The number of hydrogen-bond donors (Lipinski definition) is 2. The van der Waals surface area contributed by atoms with Crippen molar-refractivity contribution in [1.82, 2.24) is 0 Å². The molecular weight excluding hydrogens is 328 g/mol. The van der Waals surface area contributed by atoms with E-state index in [9.17, 15) is 15.0 Å². The van der Waals surface area contributed by atoms with Gasteiger partial charge in [0.15, 0.2) is 5.78 Å². The maximum absolute atomic E-state index is 12.5. The number of aryl methyl sites for hydroxylation is 1. The van der Waals surface area contributed by atoms with Crippen LogP contribution in [0.25, 0.3) is 0 Å². The minimum atomic E-state index is -0.360. The van der Waals surface area contributed by atoms with Crippen LogP contribution in [0.1, 0.15) is 49.8 Å². The molecule has 1 saturated heterocycles. The number of benzene rings is 1. The summed E-state index contributed by atoms with van der Waals surface area (Å²) < 4.78 is 6.40. The number of carbonyl (C=O) groups is 1. The van der Waals surface area contributed by atoms with Crippen molar-refractivity contribution in [2.75, 3.05) is 6.61 Å². The number of hydrogen-bond acceptors (Lipinski definition) is 4. The van der Waals surface area contributed by atoms with Crippen LogP contribution in [0.4, 0.5) is 0 Å². The summed E-state index contributed by atoms with van der Waals surface area (Å²) in [7, 11) is 0. The Labute approximate surface area is 154 Å². The van der Waals surface area contributed by atoms with Crippen molar-refractivity contribution >= 4 is 5.78 Å². The van der Waals surface area contributed by atoms with E-state index < -0.39 is 0 Å². The minimum absolute atomic E-state index is 0.00875. The SMILES string of the molecule is Cc1ccc(O)c2c1CCC1C3CC(C)C(C(=O)CO)C3(C)CC3OC231. The molecule has 7 unspecified atom stereocenters. The quantitative estimate of drug-likeness (QED) is 0.799. The lowest BCUT2D eigenvalue weighted by molar-refractivity contribution is -0.131. The van der Waals surface area contributed by atoms with Gasteiger partial charge in [0.25, 0.3) is 0 Å². The number of aliphatic hydroxyl groups is 1. The Hall–Kier alpha value is -1.39. The molecule has 26 heavy (non-hydrogen) atoms. The molecule has 4 heteroatoms. The number of epoxide rings is 1. The Bertz CT molecular complexity index is 802. The summed E-state index contributed by atoms with van der Waals surface area (Å²) in [5.74, 6) is 1.34. The smallest absolute Gasteiger partial charge is 0.162 e. The molecule has 140 valence electrons. The van der Waals surface area contributed by atoms with E-state index in [0.717, 1.165) is 31.2 Å². The van der Waals surface area contributed by atoms with Crippen LogP contribution >= 0.6 is 0 Å². The molecular formula is C22H28O4. The van der Waals surface area contributed by atoms with Gasteiger partial charge in [0.05, 0.1) is 6.10 Å². The van der Waals surface area contributed by atoms with Crippen molar-refractivity contribution in [2.45, 2.75) is 58.2 Å². The third-order valence-corrected chi connectivity index (χ3v) is 8.30. The molecule has 1 aromatic rings. The van der Waals surface area contributed by atoms with Crippen LogP contribution in [0.5, 0.6) is 5.75 Å². The largest absolute Gasteiger partial charge is 0.508 e. The van der Waals surface area contributed by atoms with Gasteiger partial charge >= 0.3 is 0 Å². The van der Waals surface area contributed by atoms with Crippen LogP contribution < -0.4 is 0 Å². The van der Waals surface area contributed by atoms with Gasteiger partial charge in [-0.05, 0) is 73.0 Å².